The molecule has 18 heavy (non-hydrogen) atoms. The topological polar surface area (TPSA) is 44.8 Å². The van der Waals surface area contributed by atoms with Crippen molar-refractivity contribution in [3.63, 3.8) is 0 Å². The van der Waals surface area contributed by atoms with Crippen molar-refractivity contribution >= 4 is 5.97 Å². The Morgan fingerprint density at radius 2 is 1.44 bits per heavy atom. The zero-order valence-electron chi connectivity index (χ0n) is 12.6. The van der Waals surface area contributed by atoms with E-state index in [0.29, 0.717) is 19.1 Å². The lowest BCUT2D eigenvalue weighted by molar-refractivity contribution is -0.155. The predicted molar refractivity (Wildman–Crippen MR) is 71.5 cm³/mol. The fourth-order valence-electron chi connectivity index (χ4n) is 1.17. The van der Waals surface area contributed by atoms with Gasteiger partial charge < -0.3 is 14.2 Å². The van der Waals surface area contributed by atoms with Gasteiger partial charge in [0.1, 0.15) is 6.10 Å². The first-order valence-electron chi connectivity index (χ1n) is 6.72. The maximum absolute atomic E-state index is 11.3. The number of ether oxygens (including phenoxy) is 3. The molecule has 2 unspecified atom stereocenters. The molecule has 0 aromatic heterocycles. The van der Waals surface area contributed by atoms with Crippen LogP contribution >= 0.6 is 0 Å². The smallest absolute Gasteiger partial charge is 0.308 e. The van der Waals surface area contributed by atoms with Crippen LogP contribution in [-0.4, -0.2) is 38.0 Å². The molecule has 0 saturated carbocycles. The van der Waals surface area contributed by atoms with Crippen LogP contribution < -0.4 is 0 Å². The van der Waals surface area contributed by atoms with Crippen LogP contribution in [0.4, 0.5) is 0 Å². The van der Waals surface area contributed by atoms with Gasteiger partial charge in [-0.15, -0.1) is 0 Å². The van der Waals surface area contributed by atoms with Gasteiger partial charge in [-0.3, -0.25) is 4.79 Å². The van der Waals surface area contributed by atoms with Crippen molar-refractivity contribution in [3.8, 4) is 0 Å². The van der Waals surface area contributed by atoms with Crippen LogP contribution in [0, 0.1) is 11.8 Å². The summed E-state index contributed by atoms with van der Waals surface area (Å²) in [7, 11) is 0. The van der Waals surface area contributed by atoms with E-state index >= 15 is 0 Å². The van der Waals surface area contributed by atoms with Crippen LogP contribution in [0.25, 0.3) is 0 Å². The zero-order valence-corrected chi connectivity index (χ0v) is 12.6. The molecular weight excluding hydrogens is 232 g/mol. The maximum atomic E-state index is 11.3. The number of carbonyl (C=O) groups is 1. The average Bonchev–Trinajstić information content (AvgIpc) is 2.26. The molecule has 0 heterocycles. The van der Waals surface area contributed by atoms with Gasteiger partial charge in [-0.05, 0) is 19.8 Å². The highest BCUT2D eigenvalue weighted by molar-refractivity contribution is 5.71. The molecule has 0 bridgehead atoms. The standard InChI is InChI=1S/C14H28O4/c1-10(2)7-17-12(5)8-16-9-13(6)18-14(15)11(3)4/h10-13H,7-9H2,1-6H3. The summed E-state index contributed by atoms with van der Waals surface area (Å²) in [6, 6.07) is 0. The molecule has 0 amide bonds. The minimum Gasteiger partial charge on any atom is -0.460 e. The van der Waals surface area contributed by atoms with E-state index in [1.54, 1.807) is 0 Å². The molecule has 0 fully saturated rings. The number of hydrogen-bond acceptors (Lipinski definition) is 4. The third kappa shape index (κ3) is 9.42. The van der Waals surface area contributed by atoms with Crippen molar-refractivity contribution in [1.29, 1.82) is 0 Å². The van der Waals surface area contributed by atoms with Crippen molar-refractivity contribution < 1.29 is 19.0 Å². The SMILES string of the molecule is CC(C)COC(C)COCC(C)OC(=O)C(C)C. The Hall–Kier alpha value is -0.610. The van der Waals surface area contributed by atoms with Gasteiger partial charge >= 0.3 is 5.97 Å². The lowest BCUT2D eigenvalue weighted by Crippen LogP contribution is -2.26. The minimum atomic E-state index is -0.211. The number of rotatable bonds is 9. The van der Waals surface area contributed by atoms with Crippen molar-refractivity contribution in [2.75, 3.05) is 19.8 Å². The second kappa shape index (κ2) is 9.34. The number of hydrogen-bond donors (Lipinski definition) is 0. The Balaban J connectivity index is 3.61. The van der Waals surface area contributed by atoms with Crippen LogP contribution in [0.15, 0.2) is 0 Å². The highest BCUT2D eigenvalue weighted by Crippen LogP contribution is 2.02. The normalized spacial score (nSPS) is 14.9. The lowest BCUT2D eigenvalue weighted by atomic mass is 10.2. The van der Waals surface area contributed by atoms with Crippen LogP contribution in [0.2, 0.25) is 0 Å². The predicted octanol–water partition coefficient (Wildman–Crippen LogP) is 2.65. The van der Waals surface area contributed by atoms with Crippen LogP contribution in [-0.2, 0) is 19.0 Å². The number of esters is 1. The molecule has 0 radical (unpaired) electrons. The van der Waals surface area contributed by atoms with Crippen molar-refractivity contribution in [2.45, 2.75) is 53.8 Å². The average molecular weight is 260 g/mol. The fourth-order valence-corrected chi connectivity index (χ4v) is 1.17. The summed E-state index contributed by atoms with van der Waals surface area (Å²) in [6.45, 7) is 13.3. The molecule has 4 heteroatoms. The van der Waals surface area contributed by atoms with Crippen LogP contribution in [0.1, 0.15) is 41.5 Å². The van der Waals surface area contributed by atoms with E-state index in [4.69, 9.17) is 14.2 Å². The summed E-state index contributed by atoms with van der Waals surface area (Å²) in [6.07, 6.45) is -0.141. The van der Waals surface area contributed by atoms with Gasteiger partial charge in [0, 0.05) is 6.61 Å². The van der Waals surface area contributed by atoms with Crippen LogP contribution in [0.5, 0.6) is 0 Å². The Bertz CT molecular complexity index is 226. The lowest BCUT2D eigenvalue weighted by Gasteiger charge is -2.18. The first-order valence-corrected chi connectivity index (χ1v) is 6.72. The summed E-state index contributed by atoms with van der Waals surface area (Å²) in [4.78, 5) is 11.3. The van der Waals surface area contributed by atoms with E-state index in [9.17, 15) is 4.79 Å². The van der Waals surface area contributed by atoms with Crippen molar-refractivity contribution in [1.82, 2.24) is 0 Å². The Morgan fingerprint density at radius 3 is 1.94 bits per heavy atom. The van der Waals surface area contributed by atoms with Gasteiger partial charge in [0.15, 0.2) is 0 Å². The molecule has 108 valence electrons. The summed E-state index contributed by atoms with van der Waals surface area (Å²) >= 11 is 0. The van der Waals surface area contributed by atoms with E-state index in [-0.39, 0.29) is 24.1 Å². The van der Waals surface area contributed by atoms with Gasteiger partial charge in [-0.2, -0.15) is 0 Å². The molecule has 4 nitrogen and oxygen atoms in total. The fraction of sp³-hybridized carbons (Fsp3) is 0.929. The largest absolute Gasteiger partial charge is 0.460 e. The van der Waals surface area contributed by atoms with Gasteiger partial charge in [-0.1, -0.05) is 27.7 Å². The minimum absolute atomic E-state index is 0.0698. The summed E-state index contributed by atoms with van der Waals surface area (Å²) in [5.74, 6) is 0.245. The third-order valence-corrected chi connectivity index (χ3v) is 2.21. The third-order valence-electron chi connectivity index (χ3n) is 2.21. The molecule has 0 aromatic rings. The Kier molecular flexibility index (Phi) is 9.02. The van der Waals surface area contributed by atoms with Gasteiger partial charge in [0.25, 0.3) is 0 Å². The molecule has 0 aliphatic carbocycles. The molecule has 0 aliphatic rings. The Morgan fingerprint density at radius 1 is 0.889 bits per heavy atom. The van der Waals surface area contributed by atoms with E-state index in [0.717, 1.165) is 6.61 Å². The van der Waals surface area contributed by atoms with Gasteiger partial charge in [-0.25, -0.2) is 0 Å². The van der Waals surface area contributed by atoms with E-state index in [1.165, 1.54) is 0 Å². The van der Waals surface area contributed by atoms with E-state index in [1.807, 2.05) is 27.7 Å². The highest BCUT2D eigenvalue weighted by atomic mass is 16.6. The quantitative estimate of drug-likeness (QED) is 0.598. The molecule has 0 aromatic carbocycles. The molecular formula is C14H28O4. The molecule has 0 rings (SSSR count). The zero-order chi connectivity index (χ0) is 14.1. The second-order valence-corrected chi connectivity index (χ2v) is 5.48. The first-order chi connectivity index (χ1) is 8.32. The summed E-state index contributed by atoms with van der Waals surface area (Å²) in [5, 5.41) is 0. The van der Waals surface area contributed by atoms with E-state index < -0.39 is 0 Å². The summed E-state index contributed by atoms with van der Waals surface area (Å²) in [5.41, 5.74) is 0. The Labute approximate surface area is 111 Å². The molecule has 0 aliphatic heterocycles. The van der Waals surface area contributed by atoms with Crippen molar-refractivity contribution in [3.05, 3.63) is 0 Å². The molecule has 0 spiro atoms. The summed E-state index contributed by atoms with van der Waals surface area (Å²) < 4.78 is 16.2. The van der Waals surface area contributed by atoms with Crippen LogP contribution in [0.3, 0.4) is 0 Å². The van der Waals surface area contributed by atoms with Gasteiger partial charge in [0.2, 0.25) is 0 Å². The maximum Gasteiger partial charge on any atom is 0.308 e. The first kappa shape index (κ1) is 17.4. The molecule has 2 atom stereocenters. The second-order valence-electron chi connectivity index (χ2n) is 5.48. The van der Waals surface area contributed by atoms with Gasteiger partial charge in [0.05, 0.1) is 25.2 Å². The monoisotopic (exact) mass is 260 g/mol. The van der Waals surface area contributed by atoms with E-state index in [2.05, 4.69) is 13.8 Å². The van der Waals surface area contributed by atoms with Crippen molar-refractivity contribution in [2.24, 2.45) is 11.8 Å². The molecule has 0 N–H and O–H groups in total. The molecule has 0 saturated heterocycles. The number of carbonyl (C=O) groups excluding carboxylic acids is 1. The highest BCUT2D eigenvalue weighted by Gasteiger charge is 2.13.